The Morgan fingerprint density at radius 1 is 0.969 bits per heavy atom. The number of hydrazone groups is 1. The van der Waals surface area contributed by atoms with Gasteiger partial charge in [0.15, 0.2) is 11.5 Å². The van der Waals surface area contributed by atoms with E-state index in [0.29, 0.717) is 28.4 Å². The Balaban J connectivity index is 1.51. The molecule has 0 fully saturated rings. The first-order chi connectivity index (χ1) is 15.6. The van der Waals surface area contributed by atoms with Crippen molar-refractivity contribution in [2.24, 2.45) is 5.10 Å². The van der Waals surface area contributed by atoms with Gasteiger partial charge in [0.2, 0.25) is 5.75 Å². The molecule has 162 valence electrons. The maximum Gasteiger partial charge on any atom is 0.271 e. The van der Waals surface area contributed by atoms with Crippen molar-refractivity contribution in [3.63, 3.8) is 0 Å². The van der Waals surface area contributed by atoms with Crippen LogP contribution in [0.15, 0.2) is 65.8 Å². The lowest BCUT2D eigenvalue weighted by Gasteiger charge is -2.12. The number of fused-ring (bicyclic) bond motifs is 1. The monoisotopic (exact) mass is 430 g/mol. The lowest BCUT2D eigenvalue weighted by Crippen LogP contribution is -2.17. The molecule has 1 heterocycles. The van der Waals surface area contributed by atoms with Gasteiger partial charge in [0.25, 0.3) is 5.91 Å². The topological polar surface area (TPSA) is 97.8 Å². The predicted molar refractivity (Wildman–Crippen MR) is 123 cm³/mol. The summed E-state index contributed by atoms with van der Waals surface area (Å²) in [7, 11) is 4.61. The Morgan fingerprint density at radius 2 is 1.69 bits per heavy atom. The SMILES string of the molecule is COc1cc(/C=N/NC(=O)c2ccc3nc(-c4ccccc4)[nH]c3c2)cc(OC)c1OC. The number of amides is 1. The van der Waals surface area contributed by atoms with Crippen molar-refractivity contribution < 1.29 is 19.0 Å². The molecule has 2 N–H and O–H groups in total. The number of benzene rings is 3. The number of aromatic amines is 1. The van der Waals surface area contributed by atoms with Gasteiger partial charge in [-0.05, 0) is 30.3 Å². The smallest absolute Gasteiger partial charge is 0.271 e. The summed E-state index contributed by atoms with van der Waals surface area (Å²) in [5.74, 6) is 1.89. The molecule has 8 heteroatoms. The Bertz CT molecular complexity index is 1260. The van der Waals surface area contributed by atoms with Crippen LogP contribution in [0.2, 0.25) is 0 Å². The highest BCUT2D eigenvalue weighted by atomic mass is 16.5. The van der Waals surface area contributed by atoms with Crippen LogP contribution >= 0.6 is 0 Å². The molecule has 4 rings (SSSR count). The normalized spacial score (nSPS) is 11.0. The van der Waals surface area contributed by atoms with E-state index >= 15 is 0 Å². The van der Waals surface area contributed by atoms with Gasteiger partial charge in [0.05, 0.1) is 38.6 Å². The van der Waals surface area contributed by atoms with Crippen molar-refractivity contribution in [3.8, 4) is 28.6 Å². The standard InChI is InChI=1S/C24H22N4O4/c1-30-20-11-15(12-21(31-2)22(20)32-3)14-25-28-24(29)17-9-10-18-19(13-17)27-23(26-18)16-7-5-4-6-8-16/h4-14H,1-3H3,(H,26,27)(H,28,29)/b25-14+. The van der Waals surface area contributed by atoms with Crippen LogP contribution in [-0.2, 0) is 0 Å². The van der Waals surface area contributed by atoms with Gasteiger partial charge in [-0.15, -0.1) is 0 Å². The molecule has 0 spiro atoms. The Morgan fingerprint density at radius 3 is 2.34 bits per heavy atom. The number of rotatable bonds is 7. The average Bonchev–Trinajstić information content (AvgIpc) is 3.27. The minimum atomic E-state index is -0.341. The minimum Gasteiger partial charge on any atom is -0.493 e. The zero-order valence-electron chi connectivity index (χ0n) is 17.9. The van der Waals surface area contributed by atoms with Gasteiger partial charge in [0, 0.05) is 16.7 Å². The van der Waals surface area contributed by atoms with E-state index in [-0.39, 0.29) is 5.91 Å². The Hall–Kier alpha value is -4.33. The molecule has 0 saturated heterocycles. The second-order valence-corrected chi connectivity index (χ2v) is 6.84. The van der Waals surface area contributed by atoms with Crippen molar-refractivity contribution in [2.45, 2.75) is 0 Å². The summed E-state index contributed by atoms with van der Waals surface area (Å²) in [6, 6.07) is 18.5. The maximum atomic E-state index is 12.6. The van der Waals surface area contributed by atoms with Crippen LogP contribution in [0.4, 0.5) is 0 Å². The molecule has 0 aliphatic heterocycles. The number of carbonyl (C=O) groups excluding carboxylic acids is 1. The Kier molecular flexibility index (Phi) is 6.03. The number of aromatic nitrogens is 2. The summed E-state index contributed by atoms with van der Waals surface area (Å²) in [5, 5.41) is 4.05. The van der Waals surface area contributed by atoms with Crippen LogP contribution in [0.1, 0.15) is 15.9 Å². The molecule has 1 amide bonds. The molecule has 0 radical (unpaired) electrons. The number of imidazole rings is 1. The van der Waals surface area contributed by atoms with E-state index in [0.717, 1.165) is 22.4 Å². The van der Waals surface area contributed by atoms with Crippen LogP contribution < -0.4 is 19.6 Å². The van der Waals surface area contributed by atoms with E-state index in [1.165, 1.54) is 27.5 Å². The molecule has 0 unspecified atom stereocenters. The zero-order valence-corrected chi connectivity index (χ0v) is 17.9. The van der Waals surface area contributed by atoms with Crippen molar-refractivity contribution in [3.05, 3.63) is 71.8 Å². The molecule has 0 aliphatic carbocycles. The van der Waals surface area contributed by atoms with Gasteiger partial charge in [-0.3, -0.25) is 4.79 Å². The van der Waals surface area contributed by atoms with Crippen molar-refractivity contribution >= 4 is 23.2 Å². The van der Waals surface area contributed by atoms with Crippen LogP contribution in [0.25, 0.3) is 22.4 Å². The second-order valence-electron chi connectivity index (χ2n) is 6.84. The third kappa shape index (κ3) is 4.24. The van der Waals surface area contributed by atoms with Crippen molar-refractivity contribution in [1.29, 1.82) is 0 Å². The average molecular weight is 430 g/mol. The van der Waals surface area contributed by atoms with Gasteiger partial charge < -0.3 is 19.2 Å². The summed E-state index contributed by atoms with van der Waals surface area (Å²) >= 11 is 0. The Labute approximate surface area is 184 Å². The number of hydrogen-bond acceptors (Lipinski definition) is 6. The fourth-order valence-electron chi connectivity index (χ4n) is 3.29. The van der Waals surface area contributed by atoms with Gasteiger partial charge >= 0.3 is 0 Å². The predicted octanol–water partition coefficient (Wildman–Crippen LogP) is 4.02. The van der Waals surface area contributed by atoms with Crippen molar-refractivity contribution in [2.75, 3.05) is 21.3 Å². The molecule has 0 atom stereocenters. The van der Waals surface area contributed by atoms with Crippen LogP contribution in [0, 0.1) is 0 Å². The molecule has 0 saturated carbocycles. The van der Waals surface area contributed by atoms with Gasteiger partial charge in [0.1, 0.15) is 5.82 Å². The molecular weight excluding hydrogens is 408 g/mol. The van der Waals surface area contributed by atoms with E-state index < -0.39 is 0 Å². The number of carbonyl (C=O) groups is 1. The summed E-state index contributed by atoms with van der Waals surface area (Å²) in [4.78, 5) is 20.4. The second kappa shape index (κ2) is 9.22. The number of ether oxygens (including phenoxy) is 3. The first-order valence-electron chi connectivity index (χ1n) is 9.81. The highest BCUT2D eigenvalue weighted by Gasteiger charge is 2.13. The van der Waals surface area contributed by atoms with Gasteiger partial charge in [-0.2, -0.15) is 5.10 Å². The maximum absolute atomic E-state index is 12.6. The van der Waals surface area contributed by atoms with E-state index in [1.807, 2.05) is 30.3 Å². The fraction of sp³-hybridized carbons (Fsp3) is 0.125. The van der Waals surface area contributed by atoms with E-state index in [9.17, 15) is 4.79 Å². The van der Waals surface area contributed by atoms with E-state index in [2.05, 4.69) is 20.5 Å². The highest BCUT2D eigenvalue weighted by molar-refractivity contribution is 5.98. The summed E-state index contributed by atoms with van der Waals surface area (Å²) in [5.41, 5.74) is 6.20. The summed E-state index contributed by atoms with van der Waals surface area (Å²) in [6.07, 6.45) is 1.50. The molecular formula is C24H22N4O4. The lowest BCUT2D eigenvalue weighted by molar-refractivity contribution is 0.0955. The molecule has 1 aromatic heterocycles. The van der Waals surface area contributed by atoms with Gasteiger partial charge in [-0.1, -0.05) is 30.3 Å². The zero-order chi connectivity index (χ0) is 22.5. The van der Waals surface area contributed by atoms with Crippen LogP contribution in [0.3, 0.4) is 0 Å². The third-order valence-corrected chi connectivity index (χ3v) is 4.86. The molecule has 0 aliphatic rings. The molecule has 32 heavy (non-hydrogen) atoms. The first kappa shape index (κ1) is 20.9. The first-order valence-corrected chi connectivity index (χ1v) is 9.81. The van der Waals surface area contributed by atoms with Crippen LogP contribution in [-0.4, -0.2) is 43.4 Å². The number of H-pyrrole nitrogens is 1. The van der Waals surface area contributed by atoms with Crippen LogP contribution in [0.5, 0.6) is 17.2 Å². The van der Waals surface area contributed by atoms with E-state index in [1.54, 1.807) is 30.3 Å². The summed E-state index contributed by atoms with van der Waals surface area (Å²) < 4.78 is 16.0. The quantitative estimate of drug-likeness (QED) is 0.341. The minimum absolute atomic E-state index is 0.341. The highest BCUT2D eigenvalue weighted by Crippen LogP contribution is 2.37. The number of hydrogen-bond donors (Lipinski definition) is 2. The number of nitrogens with one attached hydrogen (secondary N) is 2. The largest absolute Gasteiger partial charge is 0.493 e. The summed E-state index contributed by atoms with van der Waals surface area (Å²) in [6.45, 7) is 0. The third-order valence-electron chi connectivity index (χ3n) is 4.86. The molecule has 3 aromatic carbocycles. The van der Waals surface area contributed by atoms with Gasteiger partial charge in [-0.25, -0.2) is 10.4 Å². The lowest BCUT2D eigenvalue weighted by atomic mass is 10.2. The molecule has 8 nitrogen and oxygen atoms in total. The fourth-order valence-corrected chi connectivity index (χ4v) is 3.29. The number of nitrogens with zero attached hydrogens (tertiary/aromatic N) is 2. The van der Waals surface area contributed by atoms with Crippen molar-refractivity contribution in [1.82, 2.24) is 15.4 Å². The number of methoxy groups -OCH3 is 3. The molecule has 0 bridgehead atoms. The molecule has 4 aromatic rings. The van der Waals surface area contributed by atoms with E-state index in [4.69, 9.17) is 14.2 Å².